The molecule has 2 aliphatic heterocycles. The van der Waals surface area contributed by atoms with Crippen molar-refractivity contribution in [3.05, 3.63) is 29.3 Å². The standard InChI is InChI=1S/C21H31F3NO7P/c1-3-4-5-6-14(2)12-30-17-8-7-15(11-16(17)19(22,23)24)9-10-18(25,13-26)20(27,28)21-31-33(21,29)32-21/h7-8,11,14,26-28H,3-6,9-10,12-13,25H2,1-2H3. The molecule has 0 spiro atoms. The molecule has 188 valence electrons. The lowest BCUT2D eigenvalue weighted by Crippen LogP contribution is -2.68. The van der Waals surface area contributed by atoms with Crippen LogP contribution in [-0.2, 0) is 26.2 Å². The van der Waals surface area contributed by atoms with Crippen LogP contribution in [0, 0.1) is 5.92 Å². The monoisotopic (exact) mass is 497 g/mol. The quantitative estimate of drug-likeness (QED) is 0.141. The van der Waals surface area contributed by atoms with E-state index in [1.807, 2.05) is 6.92 Å². The van der Waals surface area contributed by atoms with Gasteiger partial charge in [-0.05, 0) is 42.9 Å². The van der Waals surface area contributed by atoms with E-state index in [4.69, 9.17) is 10.5 Å². The summed E-state index contributed by atoms with van der Waals surface area (Å²) in [5.41, 5.74) is 0.860. The van der Waals surface area contributed by atoms with E-state index < -0.39 is 42.8 Å². The van der Waals surface area contributed by atoms with E-state index >= 15 is 0 Å². The molecule has 2 atom stereocenters. The maximum Gasteiger partial charge on any atom is 0.419 e. The minimum atomic E-state index is -4.67. The largest absolute Gasteiger partial charge is 0.493 e. The van der Waals surface area contributed by atoms with Gasteiger partial charge in [0.25, 0.3) is 5.79 Å². The molecule has 0 saturated carbocycles. The Labute approximate surface area is 190 Å². The summed E-state index contributed by atoms with van der Waals surface area (Å²) in [4.78, 5) is 0. The molecule has 3 rings (SSSR count). The van der Waals surface area contributed by atoms with E-state index in [1.54, 1.807) is 0 Å². The van der Waals surface area contributed by atoms with Crippen molar-refractivity contribution in [1.29, 1.82) is 0 Å². The third-order valence-corrected chi connectivity index (χ3v) is 8.11. The van der Waals surface area contributed by atoms with Crippen LogP contribution in [0.4, 0.5) is 13.2 Å². The van der Waals surface area contributed by atoms with Gasteiger partial charge in [0, 0.05) is 0 Å². The normalized spacial score (nSPS) is 26.9. The summed E-state index contributed by atoms with van der Waals surface area (Å²) in [5, 5.41) is 30.5. The number of halogens is 3. The van der Waals surface area contributed by atoms with Crippen LogP contribution in [0.1, 0.15) is 57.1 Å². The predicted molar refractivity (Wildman–Crippen MR) is 112 cm³/mol. The highest BCUT2D eigenvalue weighted by Crippen LogP contribution is 3.00. The highest BCUT2D eigenvalue weighted by atomic mass is 31.2. The highest BCUT2D eigenvalue weighted by Gasteiger charge is 3.01. The summed E-state index contributed by atoms with van der Waals surface area (Å²) in [6.07, 6.45) is -1.19. The van der Waals surface area contributed by atoms with Crippen molar-refractivity contribution >= 4 is 7.60 Å². The number of hydrogen-bond donors (Lipinski definition) is 4. The molecule has 0 aromatic heterocycles. The number of fused-ring (bicyclic) bond motifs is 1. The van der Waals surface area contributed by atoms with Crippen LogP contribution in [0.3, 0.4) is 0 Å². The third kappa shape index (κ3) is 4.96. The van der Waals surface area contributed by atoms with Gasteiger partial charge in [0.15, 0.2) is 0 Å². The zero-order chi connectivity index (χ0) is 24.7. The van der Waals surface area contributed by atoms with Crippen LogP contribution in [-0.4, -0.2) is 45.4 Å². The molecule has 2 aliphatic rings. The number of rotatable bonds is 13. The molecule has 8 nitrogen and oxygen atoms in total. The van der Waals surface area contributed by atoms with Gasteiger partial charge >= 0.3 is 19.3 Å². The number of nitrogens with two attached hydrogens (primary N) is 1. The summed E-state index contributed by atoms with van der Waals surface area (Å²) >= 11 is 0. The van der Waals surface area contributed by atoms with Crippen LogP contribution in [0.5, 0.6) is 5.75 Å². The van der Waals surface area contributed by atoms with E-state index in [9.17, 15) is 33.1 Å². The fraction of sp³-hybridized carbons (Fsp3) is 0.714. The Kier molecular flexibility index (Phi) is 7.29. The van der Waals surface area contributed by atoms with Crippen LogP contribution in [0.2, 0.25) is 0 Å². The molecule has 5 N–H and O–H groups in total. The first kappa shape index (κ1) is 26.4. The van der Waals surface area contributed by atoms with Crippen LogP contribution in [0.25, 0.3) is 0 Å². The minimum Gasteiger partial charge on any atom is -0.493 e. The second kappa shape index (κ2) is 9.11. The fourth-order valence-electron chi connectivity index (χ4n) is 3.79. The van der Waals surface area contributed by atoms with Crippen molar-refractivity contribution in [3.8, 4) is 5.75 Å². The van der Waals surface area contributed by atoms with Gasteiger partial charge in [-0.25, -0.2) is 0 Å². The van der Waals surface area contributed by atoms with Crippen molar-refractivity contribution < 1.29 is 46.8 Å². The van der Waals surface area contributed by atoms with Crippen LogP contribution in [0.15, 0.2) is 18.2 Å². The first-order chi connectivity index (χ1) is 15.3. The van der Waals surface area contributed by atoms with Gasteiger partial charge in [-0.15, -0.1) is 0 Å². The zero-order valence-electron chi connectivity index (χ0n) is 18.6. The minimum absolute atomic E-state index is 0.103. The number of aliphatic hydroxyl groups is 3. The van der Waals surface area contributed by atoms with Gasteiger partial charge in [-0.2, -0.15) is 13.2 Å². The van der Waals surface area contributed by atoms with Crippen molar-refractivity contribution in [3.63, 3.8) is 0 Å². The predicted octanol–water partition coefficient (Wildman–Crippen LogP) is 3.51. The second-order valence-corrected chi connectivity index (χ2v) is 10.9. The Bertz CT molecular complexity index is 900. The van der Waals surface area contributed by atoms with Gasteiger partial charge in [-0.1, -0.05) is 39.2 Å². The molecule has 0 aliphatic carbocycles. The topological polar surface area (TPSA) is 138 Å². The number of hydrogen-bond acceptors (Lipinski definition) is 8. The van der Waals surface area contributed by atoms with Crippen molar-refractivity contribution in [2.24, 2.45) is 11.7 Å². The molecule has 0 amide bonds. The van der Waals surface area contributed by atoms with Crippen molar-refractivity contribution in [1.82, 2.24) is 0 Å². The maximum absolute atomic E-state index is 13.7. The van der Waals surface area contributed by atoms with Crippen LogP contribution < -0.4 is 10.5 Å². The third-order valence-electron chi connectivity index (χ3n) is 6.23. The number of ether oxygens (including phenoxy) is 1. The smallest absolute Gasteiger partial charge is 0.419 e. The number of aliphatic hydroxyl groups excluding tert-OH is 1. The molecule has 1 aromatic carbocycles. The van der Waals surface area contributed by atoms with Gasteiger partial charge in [0.05, 0.1) is 24.3 Å². The first-order valence-corrected chi connectivity index (χ1v) is 12.5. The molecule has 1 aromatic rings. The zero-order valence-corrected chi connectivity index (χ0v) is 19.5. The average molecular weight is 497 g/mol. The Balaban J connectivity index is 1.69. The summed E-state index contributed by atoms with van der Waals surface area (Å²) in [5.74, 6) is -3.17. The van der Waals surface area contributed by atoms with Gasteiger partial charge < -0.3 is 25.8 Å². The van der Waals surface area contributed by atoms with Gasteiger partial charge in [0.1, 0.15) is 5.75 Å². The molecule has 0 radical (unpaired) electrons. The second-order valence-electron chi connectivity index (χ2n) is 8.99. The molecular weight excluding hydrogens is 466 g/mol. The first-order valence-electron chi connectivity index (χ1n) is 10.9. The van der Waals surface area contributed by atoms with E-state index in [0.29, 0.717) is 0 Å². The fourth-order valence-corrected chi connectivity index (χ4v) is 5.64. The number of benzene rings is 1. The molecule has 2 unspecified atom stereocenters. The maximum atomic E-state index is 13.7. The van der Waals surface area contributed by atoms with Gasteiger partial charge in [-0.3, -0.25) is 13.6 Å². The Morgan fingerprint density at radius 2 is 1.88 bits per heavy atom. The summed E-state index contributed by atoms with van der Waals surface area (Å²) in [6.45, 7) is 3.20. The van der Waals surface area contributed by atoms with E-state index in [0.717, 1.165) is 31.7 Å². The van der Waals surface area contributed by atoms with Gasteiger partial charge in [0.2, 0.25) is 0 Å². The Hall–Kier alpha value is -1.20. The lowest BCUT2D eigenvalue weighted by atomic mass is 9.84. The lowest BCUT2D eigenvalue weighted by molar-refractivity contribution is -0.290. The SMILES string of the molecule is CCCCCC(C)COc1ccc(CCC(N)(CO)C(O)(O)C23OP2(=O)O3)cc1C(F)(F)F. The molecule has 2 heterocycles. The molecular formula is C21H31F3NO7P. The number of unbranched alkanes of at least 4 members (excludes halogenated alkanes) is 2. The van der Waals surface area contributed by atoms with Crippen LogP contribution >= 0.6 is 7.60 Å². The van der Waals surface area contributed by atoms with Crippen molar-refractivity contribution in [2.75, 3.05) is 13.2 Å². The molecule has 33 heavy (non-hydrogen) atoms. The van der Waals surface area contributed by atoms with E-state index in [1.165, 1.54) is 12.1 Å². The van der Waals surface area contributed by atoms with E-state index in [2.05, 4.69) is 16.0 Å². The number of alkyl halides is 3. The van der Waals surface area contributed by atoms with Crippen molar-refractivity contribution in [2.45, 2.75) is 75.4 Å². The molecule has 12 heteroatoms. The Morgan fingerprint density at radius 1 is 1.24 bits per heavy atom. The molecule has 2 saturated heterocycles. The summed E-state index contributed by atoms with van der Waals surface area (Å²) in [7, 11) is -3.60. The molecule has 2 fully saturated rings. The lowest BCUT2D eigenvalue weighted by Gasteiger charge is -2.38. The highest BCUT2D eigenvalue weighted by molar-refractivity contribution is 7.68. The summed E-state index contributed by atoms with van der Waals surface area (Å²) < 4.78 is 67.5. The molecule has 0 bridgehead atoms. The van der Waals surface area contributed by atoms with E-state index in [-0.39, 0.29) is 36.7 Å². The Morgan fingerprint density at radius 3 is 2.39 bits per heavy atom. The number of aryl methyl sites for hydroxylation is 1. The summed E-state index contributed by atoms with van der Waals surface area (Å²) in [6, 6.07) is 3.56. The average Bonchev–Trinajstić information content (AvgIpc) is 3.55.